The molecule has 1 amide bonds. The second-order valence-corrected chi connectivity index (χ2v) is 10.7. The van der Waals surface area contributed by atoms with Gasteiger partial charge >= 0.3 is 12.1 Å². The highest BCUT2D eigenvalue weighted by molar-refractivity contribution is 6.01. The number of carbonyl (C=O) groups is 2. The minimum atomic E-state index is -5.20. The molecule has 41 heavy (non-hydrogen) atoms. The molecule has 4 rings (SSSR count). The molecule has 0 aliphatic carbocycles. The van der Waals surface area contributed by atoms with Crippen molar-refractivity contribution >= 4 is 23.4 Å². The van der Waals surface area contributed by atoms with Gasteiger partial charge in [0.05, 0.1) is 5.69 Å². The second-order valence-electron chi connectivity index (χ2n) is 10.7. The molecule has 0 bridgehead atoms. The number of para-hydroxylation sites is 2. The van der Waals surface area contributed by atoms with Gasteiger partial charge in [-0.2, -0.15) is 13.2 Å². The Balaban J connectivity index is 1.39. The van der Waals surface area contributed by atoms with E-state index in [-0.39, 0.29) is 11.5 Å². The third kappa shape index (κ3) is 7.58. The number of hydrogen-bond acceptors (Lipinski definition) is 6. The Morgan fingerprint density at radius 1 is 1.02 bits per heavy atom. The lowest BCUT2D eigenvalue weighted by atomic mass is 9.97. The molecule has 1 fully saturated rings. The molecule has 2 aliphatic rings. The number of piperidine rings is 1. The van der Waals surface area contributed by atoms with Crippen molar-refractivity contribution in [3.05, 3.63) is 59.7 Å². The molecule has 0 radical (unpaired) electrons. The van der Waals surface area contributed by atoms with Crippen LogP contribution in [0.2, 0.25) is 0 Å². The van der Waals surface area contributed by atoms with Gasteiger partial charge in [-0.3, -0.25) is 9.69 Å². The molecule has 2 heterocycles. The minimum Gasteiger partial charge on any atom is -0.474 e. The molecular formula is C30H37F3N4O4. The van der Waals surface area contributed by atoms with Crippen LogP contribution in [0.4, 0.5) is 18.9 Å². The number of fused-ring (bicyclic) bond motifs is 1. The van der Waals surface area contributed by atoms with Crippen LogP contribution in [-0.2, 0) is 14.4 Å². The maximum absolute atomic E-state index is 13.6. The number of nitrogens with two attached hydrogens (primary N) is 1. The first-order valence-corrected chi connectivity index (χ1v) is 14.1. The highest BCUT2D eigenvalue weighted by Crippen LogP contribution is 2.39. The molecule has 1 unspecified atom stereocenters. The van der Waals surface area contributed by atoms with Crippen molar-refractivity contribution in [2.75, 3.05) is 18.0 Å². The lowest BCUT2D eigenvalue weighted by Gasteiger charge is -2.39. The summed E-state index contributed by atoms with van der Waals surface area (Å²) in [6.45, 7) is 6.25. The highest BCUT2D eigenvalue weighted by Gasteiger charge is 2.42. The number of ether oxygens (including phenoxy) is 1. The molecule has 0 aromatic heterocycles. The van der Waals surface area contributed by atoms with Crippen molar-refractivity contribution < 1.29 is 32.3 Å². The largest absolute Gasteiger partial charge is 0.493 e. The number of benzene rings is 2. The lowest BCUT2D eigenvalue weighted by molar-refractivity contribution is -0.199. The molecule has 0 saturated carbocycles. The van der Waals surface area contributed by atoms with Crippen LogP contribution in [0.3, 0.4) is 0 Å². The van der Waals surface area contributed by atoms with Crippen LogP contribution < -0.4 is 15.4 Å². The summed E-state index contributed by atoms with van der Waals surface area (Å²) in [7, 11) is 0. The van der Waals surface area contributed by atoms with Gasteiger partial charge in [0.2, 0.25) is 6.10 Å². The Labute approximate surface area is 238 Å². The van der Waals surface area contributed by atoms with Gasteiger partial charge in [-0.1, -0.05) is 54.8 Å². The predicted molar refractivity (Wildman–Crippen MR) is 149 cm³/mol. The Morgan fingerprint density at radius 2 is 1.71 bits per heavy atom. The predicted octanol–water partition coefficient (Wildman–Crippen LogP) is 5.70. The zero-order valence-corrected chi connectivity index (χ0v) is 23.4. The SMILES string of the molecule is C[C@@H]1CCC[C@H](C)N1CCCCCCN1C(=O)C(c2cccc(/C(N)=N/OC(=O)C(F)(F)F)c2)Oc2ccccc21. The quantitative estimate of drug-likeness (QED) is 0.129. The summed E-state index contributed by atoms with van der Waals surface area (Å²) in [5, 5.41) is 3.11. The number of carbonyl (C=O) groups excluding carboxylic acids is 2. The number of oxime groups is 1. The fraction of sp³-hybridized carbons (Fsp3) is 0.500. The van der Waals surface area contributed by atoms with Gasteiger partial charge in [0.15, 0.2) is 5.84 Å². The number of amidine groups is 1. The molecule has 2 N–H and O–H groups in total. The van der Waals surface area contributed by atoms with Crippen LogP contribution in [0.5, 0.6) is 5.75 Å². The number of halogens is 3. The zero-order chi connectivity index (χ0) is 29.6. The number of amides is 1. The van der Waals surface area contributed by atoms with Crippen LogP contribution in [0, 0.1) is 0 Å². The fourth-order valence-electron chi connectivity index (χ4n) is 5.55. The minimum absolute atomic E-state index is 0.177. The van der Waals surface area contributed by atoms with Crippen LogP contribution >= 0.6 is 0 Å². The van der Waals surface area contributed by atoms with Crippen molar-refractivity contribution in [3.63, 3.8) is 0 Å². The lowest BCUT2D eigenvalue weighted by Crippen LogP contribution is -2.44. The third-order valence-corrected chi connectivity index (χ3v) is 7.76. The molecule has 222 valence electrons. The van der Waals surface area contributed by atoms with Crippen molar-refractivity contribution in [1.82, 2.24) is 4.90 Å². The van der Waals surface area contributed by atoms with E-state index in [1.54, 1.807) is 23.1 Å². The third-order valence-electron chi connectivity index (χ3n) is 7.76. The van der Waals surface area contributed by atoms with E-state index in [1.807, 2.05) is 18.2 Å². The molecule has 2 aliphatic heterocycles. The number of hydrogen-bond donors (Lipinski definition) is 1. The first-order valence-electron chi connectivity index (χ1n) is 14.1. The average molecular weight is 575 g/mol. The number of unbranched alkanes of at least 4 members (excludes halogenated alkanes) is 3. The normalized spacial score (nSPS) is 21.8. The van der Waals surface area contributed by atoms with Gasteiger partial charge < -0.3 is 20.2 Å². The Hall–Kier alpha value is -3.60. The maximum Gasteiger partial charge on any atom is 0.493 e. The Bertz CT molecular complexity index is 1240. The first kappa shape index (κ1) is 30.4. The van der Waals surface area contributed by atoms with Gasteiger partial charge in [0, 0.05) is 29.8 Å². The molecule has 8 nitrogen and oxygen atoms in total. The highest BCUT2D eigenvalue weighted by atomic mass is 19.4. The van der Waals surface area contributed by atoms with E-state index >= 15 is 0 Å². The summed E-state index contributed by atoms with van der Waals surface area (Å²) in [5.74, 6) is -2.63. The standard InChI is InChI=1S/C30H37F3N4O4/c1-20-11-9-12-21(2)36(20)17-7-3-4-8-18-37-24-15-5-6-16-25(24)40-26(28(37)38)22-13-10-14-23(19-22)27(34)35-41-29(39)30(31,32)33/h5-6,10,13-16,19-21,26H,3-4,7-9,11-12,17-18H2,1-2H3,(H2,34,35)/t20-,21+,26?. The number of anilines is 1. The van der Waals surface area contributed by atoms with E-state index in [9.17, 15) is 22.8 Å². The second kappa shape index (κ2) is 13.4. The van der Waals surface area contributed by atoms with E-state index in [2.05, 4.69) is 28.7 Å². The molecule has 2 aromatic carbocycles. The van der Waals surface area contributed by atoms with E-state index in [0.29, 0.717) is 35.6 Å². The summed E-state index contributed by atoms with van der Waals surface area (Å²) >= 11 is 0. The van der Waals surface area contributed by atoms with Gasteiger partial charge in [-0.25, -0.2) is 4.79 Å². The molecule has 11 heteroatoms. The van der Waals surface area contributed by atoms with E-state index in [0.717, 1.165) is 32.2 Å². The number of nitrogens with zero attached hydrogens (tertiary/aromatic N) is 3. The van der Waals surface area contributed by atoms with Gasteiger partial charge in [-0.05, 0) is 64.3 Å². The molecular weight excluding hydrogens is 537 g/mol. The van der Waals surface area contributed by atoms with Crippen LogP contribution in [0.15, 0.2) is 53.7 Å². The fourth-order valence-corrected chi connectivity index (χ4v) is 5.55. The van der Waals surface area contributed by atoms with Crippen molar-refractivity contribution in [2.24, 2.45) is 10.9 Å². The Kier molecular flexibility index (Phi) is 9.90. The summed E-state index contributed by atoms with van der Waals surface area (Å²) < 4.78 is 43.3. The van der Waals surface area contributed by atoms with E-state index in [4.69, 9.17) is 10.5 Å². The number of alkyl halides is 3. The molecule has 1 saturated heterocycles. The summed E-state index contributed by atoms with van der Waals surface area (Å²) in [6, 6.07) is 14.8. The van der Waals surface area contributed by atoms with E-state index < -0.39 is 24.1 Å². The smallest absolute Gasteiger partial charge is 0.474 e. The zero-order valence-electron chi connectivity index (χ0n) is 23.4. The topological polar surface area (TPSA) is 97.5 Å². The van der Waals surface area contributed by atoms with Crippen molar-refractivity contribution in [3.8, 4) is 5.75 Å². The van der Waals surface area contributed by atoms with Gasteiger partial charge in [0.1, 0.15) is 5.75 Å². The van der Waals surface area contributed by atoms with Crippen LogP contribution in [0.1, 0.15) is 76.0 Å². The van der Waals surface area contributed by atoms with Crippen molar-refractivity contribution in [1.29, 1.82) is 0 Å². The van der Waals surface area contributed by atoms with Crippen LogP contribution in [0.25, 0.3) is 0 Å². The summed E-state index contributed by atoms with van der Waals surface area (Å²) in [6.07, 6.45) is 1.67. The molecule has 0 spiro atoms. The van der Waals surface area contributed by atoms with Gasteiger partial charge in [0.25, 0.3) is 5.91 Å². The Morgan fingerprint density at radius 3 is 2.41 bits per heavy atom. The van der Waals surface area contributed by atoms with Crippen LogP contribution in [-0.4, -0.2) is 54.0 Å². The van der Waals surface area contributed by atoms with Crippen molar-refractivity contribution in [2.45, 2.75) is 83.2 Å². The monoisotopic (exact) mass is 574 g/mol. The van der Waals surface area contributed by atoms with Gasteiger partial charge in [-0.15, -0.1) is 0 Å². The summed E-state index contributed by atoms with van der Waals surface area (Å²) in [4.78, 5) is 32.8. The average Bonchev–Trinajstić information content (AvgIpc) is 2.95. The maximum atomic E-state index is 13.6. The molecule has 2 aromatic rings. The summed E-state index contributed by atoms with van der Waals surface area (Å²) in [5.41, 5.74) is 7.07. The first-order chi connectivity index (χ1) is 19.6. The van der Waals surface area contributed by atoms with E-state index in [1.165, 1.54) is 31.4 Å². The number of rotatable bonds is 10. The number of likely N-dealkylation sites (tertiary alicyclic amines) is 1. The molecule has 3 atom stereocenters.